The van der Waals surface area contributed by atoms with Gasteiger partial charge in [-0.15, -0.1) is 0 Å². The number of nitrogens with zero attached hydrogens (tertiary/aromatic N) is 5. The summed E-state index contributed by atoms with van der Waals surface area (Å²) in [7, 11) is 0. The van der Waals surface area contributed by atoms with Crippen molar-refractivity contribution in [1.29, 1.82) is 0 Å². The summed E-state index contributed by atoms with van der Waals surface area (Å²) in [6, 6.07) is 12.2. The molecule has 0 saturated carbocycles. The zero-order valence-electron chi connectivity index (χ0n) is 19.2. The number of benzene rings is 2. The number of hydrogen-bond acceptors (Lipinski definition) is 7. The first kappa shape index (κ1) is 21.0. The minimum Gasteiger partial charge on any atom is -0.465 e. The first-order valence-electron chi connectivity index (χ1n) is 11.2. The van der Waals surface area contributed by atoms with Gasteiger partial charge in [-0.3, -0.25) is 9.67 Å². The summed E-state index contributed by atoms with van der Waals surface area (Å²) >= 11 is 0. The molecule has 6 rings (SSSR count). The molecule has 35 heavy (non-hydrogen) atoms. The maximum atomic E-state index is 11.2. The number of anilines is 3. The van der Waals surface area contributed by atoms with E-state index >= 15 is 0 Å². The third kappa shape index (κ3) is 3.50. The number of nitrogens with two attached hydrogens (primary N) is 1. The molecule has 10 heteroatoms. The summed E-state index contributed by atoms with van der Waals surface area (Å²) in [6.45, 7) is 4.81. The number of aromatic nitrogens is 4. The Balaban J connectivity index is 1.31. The highest BCUT2D eigenvalue weighted by Crippen LogP contribution is 2.36. The van der Waals surface area contributed by atoms with Gasteiger partial charge in [0.25, 0.3) is 6.01 Å². The Labute approximate surface area is 200 Å². The molecule has 0 bridgehead atoms. The van der Waals surface area contributed by atoms with Crippen molar-refractivity contribution in [1.82, 2.24) is 24.6 Å². The lowest BCUT2D eigenvalue weighted by molar-refractivity contribution is 0.0829. The minimum atomic E-state index is -0.928. The molecule has 2 aromatic carbocycles. The Morgan fingerprint density at radius 3 is 2.69 bits per heavy atom. The second-order valence-corrected chi connectivity index (χ2v) is 8.91. The molecule has 10 nitrogen and oxygen atoms in total. The van der Waals surface area contributed by atoms with Crippen molar-refractivity contribution in [2.75, 3.05) is 24.1 Å². The van der Waals surface area contributed by atoms with Crippen LogP contribution in [0, 0.1) is 13.8 Å². The van der Waals surface area contributed by atoms with Crippen LogP contribution in [0.1, 0.15) is 17.2 Å². The van der Waals surface area contributed by atoms with Crippen LogP contribution >= 0.6 is 0 Å². The molecule has 0 spiro atoms. The third-order valence-electron chi connectivity index (χ3n) is 6.35. The lowest BCUT2D eigenvalue weighted by atomic mass is 10.1. The summed E-state index contributed by atoms with van der Waals surface area (Å²) in [5, 5.41) is 18.0. The molecule has 1 aliphatic heterocycles. The molecule has 5 aromatic rings. The van der Waals surface area contributed by atoms with E-state index in [1.807, 2.05) is 48.9 Å². The molecule has 1 saturated heterocycles. The average Bonchev–Trinajstić information content (AvgIpc) is 3.36. The van der Waals surface area contributed by atoms with E-state index in [4.69, 9.17) is 15.2 Å². The summed E-state index contributed by atoms with van der Waals surface area (Å²) in [5.74, 6) is 0. The highest BCUT2D eigenvalue weighted by molar-refractivity contribution is 6.01. The lowest BCUT2D eigenvalue weighted by Gasteiger charge is -2.37. The van der Waals surface area contributed by atoms with E-state index in [0.29, 0.717) is 24.8 Å². The van der Waals surface area contributed by atoms with Gasteiger partial charge in [0.05, 0.1) is 35.0 Å². The van der Waals surface area contributed by atoms with Crippen LogP contribution in [-0.2, 0) is 0 Å². The van der Waals surface area contributed by atoms with Crippen LogP contribution in [0.3, 0.4) is 0 Å². The van der Waals surface area contributed by atoms with Crippen molar-refractivity contribution in [3.05, 3.63) is 59.9 Å². The van der Waals surface area contributed by atoms with E-state index in [1.165, 1.54) is 4.90 Å². The van der Waals surface area contributed by atoms with Crippen LogP contribution in [0.5, 0.6) is 0 Å². The van der Waals surface area contributed by atoms with E-state index in [1.54, 1.807) is 12.4 Å². The monoisotopic (exact) mass is 469 g/mol. The van der Waals surface area contributed by atoms with E-state index in [2.05, 4.69) is 21.4 Å². The fourth-order valence-corrected chi connectivity index (χ4v) is 4.62. The fourth-order valence-electron chi connectivity index (χ4n) is 4.62. The first-order chi connectivity index (χ1) is 16.9. The SMILES string of the molecule is Cc1cc(C)c2oc(Nc3ccc(-c4nn(C5CN(C(=O)O)C5)c5cncc(N)c45)cc3)nc2c1. The van der Waals surface area contributed by atoms with Crippen LogP contribution in [0.2, 0.25) is 0 Å². The minimum absolute atomic E-state index is 0.0573. The van der Waals surface area contributed by atoms with Gasteiger partial charge in [0.15, 0.2) is 5.58 Å². The van der Waals surface area contributed by atoms with Crippen LogP contribution in [0.15, 0.2) is 53.2 Å². The molecule has 4 N–H and O–H groups in total. The van der Waals surface area contributed by atoms with Gasteiger partial charge in [0, 0.05) is 24.3 Å². The molecule has 3 aromatic heterocycles. The number of nitrogen functional groups attached to an aromatic ring is 1. The van der Waals surface area contributed by atoms with Gasteiger partial charge in [-0.25, -0.2) is 4.79 Å². The summed E-state index contributed by atoms with van der Waals surface area (Å²) in [5.41, 5.74) is 13.8. The molecule has 1 amide bonds. The second kappa shape index (κ2) is 7.73. The highest BCUT2D eigenvalue weighted by Gasteiger charge is 2.34. The standard InChI is InChI=1S/C25H23N7O3/c1-13-7-14(2)23-19(8-13)29-24(35-23)28-16-5-3-15(4-6-16)22-21-18(26)9-27-10-20(21)32(30-22)17-11-31(12-17)25(33)34/h3-10,17H,11-12,26H2,1-2H3,(H,28,29)(H,33,34). The molecule has 176 valence electrons. The number of pyridine rings is 1. The average molecular weight is 470 g/mol. The second-order valence-electron chi connectivity index (χ2n) is 8.91. The number of hydrogen-bond donors (Lipinski definition) is 3. The maximum Gasteiger partial charge on any atom is 0.407 e. The summed E-state index contributed by atoms with van der Waals surface area (Å²) in [6.07, 6.45) is 2.40. The zero-order chi connectivity index (χ0) is 24.3. The van der Waals surface area contributed by atoms with Gasteiger partial charge < -0.3 is 25.5 Å². The summed E-state index contributed by atoms with van der Waals surface area (Å²) in [4.78, 5) is 21.3. The van der Waals surface area contributed by atoms with Crippen LogP contribution in [0.4, 0.5) is 22.2 Å². The molecule has 1 aliphatic rings. The van der Waals surface area contributed by atoms with Crippen molar-refractivity contribution >= 4 is 45.5 Å². The predicted octanol–water partition coefficient (Wildman–Crippen LogP) is 4.72. The molecular weight excluding hydrogens is 446 g/mol. The highest BCUT2D eigenvalue weighted by atomic mass is 16.4. The van der Waals surface area contributed by atoms with Gasteiger partial charge in [-0.05, 0) is 43.2 Å². The van der Waals surface area contributed by atoms with Crippen molar-refractivity contribution in [2.45, 2.75) is 19.9 Å². The normalized spacial score (nSPS) is 13.9. The van der Waals surface area contributed by atoms with Crippen molar-refractivity contribution in [3.63, 3.8) is 0 Å². The van der Waals surface area contributed by atoms with Gasteiger partial charge in [0.1, 0.15) is 11.2 Å². The number of nitrogens with one attached hydrogen (secondary N) is 1. The maximum absolute atomic E-state index is 11.2. The number of fused-ring (bicyclic) bond motifs is 2. The molecule has 4 heterocycles. The summed E-state index contributed by atoms with van der Waals surface area (Å²) < 4.78 is 7.75. The number of likely N-dealkylation sites (tertiary alicyclic amines) is 1. The first-order valence-corrected chi connectivity index (χ1v) is 11.2. The van der Waals surface area contributed by atoms with E-state index in [9.17, 15) is 9.90 Å². The number of carboxylic acid groups (broad SMARTS) is 1. The van der Waals surface area contributed by atoms with Crippen LogP contribution in [0.25, 0.3) is 33.3 Å². The smallest absolute Gasteiger partial charge is 0.407 e. The van der Waals surface area contributed by atoms with Gasteiger partial charge >= 0.3 is 6.09 Å². The predicted molar refractivity (Wildman–Crippen MR) is 133 cm³/mol. The molecular formula is C25H23N7O3. The van der Waals surface area contributed by atoms with Gasteiger partial charge in [0.2, 0.25) is 0 Å². The van der Waals surface area contributed by atoms with Crippen molar-refractivity contribution in [3.8, 4) is 11.3 Å². The quantitative estimate of drug-likeness (QED) is 0.344. The molecule has 1 fully saturated rings. The third-order valence-corrected chi connectivity index (χ3v) is 6.35. The Morgan fingerprint density at radius 1 is 1.17 bits per heavy atom. The van der Waals surface area contributed by atoms with E-state index in [-0.39, 0.29) is 6.04 Å². The van der Waals surface area contributed by atoms with Gasteiger partial charge in [-0.1, -0.05) is 18.2 Å². The number of carbonyl (C=O) groups is 1. The van der Waals surface area contributed by atoms with Crippen LogP contribution in [-0.4, -0.2) is 48.9 Å². The Bertz CT molecular complexity index is 1600. The topological polar surface area (TPSA) is 135 Å². The van der Waals surface area contributed by atoms with E-state index in [0.717, 1.165) is 50.1 Å². The largest absolute Gasteiger partial charge is 0.465 e. The lowest BCUT2D eigenvalue weighted by Crippen LogP contribution is -2.50. The fraction of sp³-hybridized carbons (Fsp3) is 0.200. The Kier molecular flexibility index (Phi) is 4.63. The molecule has 0 unspecified atom stereocenters. The van der Waals surface area contributed by atoms with Crippen molar-refractivity contribution < 1.29 is 14.3 Å². The zero-order valence-corrected chi connectivity index (χ0v) is 19.2. The molecule has 0 radical (unpaired) electrons. The number of amides is 1. The number of rotatable bonds is 4. The van der Waals surface area contributed by atoms with E-state index < -0.39 is 6.09 Å². The number of oxazole rings is 1. The molecule has 0 aliphatic carbocycles. The van der Waals surface area contributed by atoms with Gasteiger partial charge in [-0.2, -0.15) is 10.1 Å². The van der Waals surface area contributed by atoms with Crippen LogP contribution < -0.4 is 11.1 Å². The number of aryl methyl sites for hydroxylation is 2. The Morgan fingerprint density at radius 2 is 1.94 bits per heavy atom. The molecule has 0 atom stereocenters. The van der Waals surface area contributed by atoms with Crippen molar-refractivity contribution in [2.24, 2.45) is 0 Å². The Hall–Kier alpha value is -4.60.